The van der Waals surface area contributed by atoms with Crippen molar-refractivity contribution in [1.82, 2.24) is 5.32 Å². The molecule has 0 saturated carbocycles. The van der Waals surface area contributed by atoms with E-state index in [1.165, 1.54) is 20.3 Å². The Balaban J connectivity index is 2.43. The summed E-state index contributed by atoms with van der Waals surface area (Å²) in [6.07, 6.45) is -2.97. The maximum Gasteiger partial charge on any atom is 0.264 e. The maximum atomic E-state index is 13.2. The summed E-state index contributed by atoms with van der Waals surface area (Å²) in [4.78, 5) is 0. The first-order valence-corrected chi connectivity index (χ1v) is 6.03. The highest BCUT2D eigenvalue weighted by molar-refractivity contribution is 5.48. The number of benzene rings is 1. The van der Waals surface area contributed by atoms with Gasteiger partial charge in [-0.1, -0.05) is 0 Å². The van der Waals surface area contributed by atoms with Crippen LogP contribution in [0.25, 0.3) is 0 Å². The van der Waals surface area contributed by atoms with Crippen LogP contribution in [0.3, 0.4) is 0 Å². The Morgan fingerprint density at radius 1 is 1.26 bits per heavy atom. The highest BCUT2D eigenvalue weighted by Crippen LogP contribution is 2.38. The number of alkyl halides is 2. The predicted octanol–water partition coefficient (Wildman–Crippen LogP) is 2.30. The standard InChI is InChI=1S/C13H17F2NO3/c1-17-10-5-8(12-7-16-3-4-19-12)9(13(14)15)6-11(10)18-2/h5-6,12-13,16H,3-4,7H2,1-2H3. The molecule has 19 heavy (non-hydrogen) atoms. The average molecular weight is 273 g/mol. The van der Waals surface area contributed by atoms with Crippen molar-refractivity contribution in [3.05, 3.63) is 23.3 Å². The molecule has 0 aliphatic carbocycles. The molecule has 1 fully saturated rings. The van der Waals surface area contributed by atoms with Crippen LogP contribution in [0.1, 0.15) is 23.7 Å². The van der Waals surface area contributed by atoms with Crippen molar-refractivity contribution < 1.29 is 23.0 Å². The quantitative estimate of drug-likeness (QED) is 0.913. The zero-order chi connectivity index (χ0) is 13.8. The summed E-state index contributed by atoms with van der Waals surface area (Å²) in [6, 6.07) is 2.88. The molecule has 2 rings (SSSR count). The molecule has 1 saturated heterocycles. The van der Waals surface area contributed by atoms with E-state index in [1.54, 1.807) is 6.07 Å². The van der Waals surface area contributed by atoms with E-state index in [2.05, 4.69) is 5.32 Å². The van der Waals surface area contributed by atoms with Crippen molar-refractivity contribution in [3.63, 3.8) is 0 Å². The molecule has 1 aliphatic rings. The first-order valence-electron chi connectivity index (χ1n) is 6.03. The fourth-order valence-electron chi connectivity index (χ4n) is 2.14. The van der Waals surface area contributed by atoms with Gasteiger partial charge in [-0.05, 0) is 17.7 Å². The van der Waals surface area contributed by atoms with Gasteiger partial charge in [0.1, 0.15) is 0 Å². The van der Waals surface area contributed by atoms with Crippen molar-refractivity contribution in [2.45, 2.75) is 12.5 Å². The second kappa shape index (κ2) is 6.16. The zero-order valence-electron chi connectivity index (χ0n) is 10.9. The minimum absolute atomic E-state index is 0.0775. The lowest BCUT2D eigenvalue weighted by molar-refractivity contribution is 0.0244. The fourth-order valence-corrected chi connectivity index (χ4v) is 2.14. The number of halogens is 2. The number of morpholine rings is 1. The summed E-state index contributed by atoms with van der Waals surface area (Å²) in [5.74, 6) is 0.724. The highest BCUT2D eigenvalue weighted by atomic mass is 19.3. The van der Waals surface area contributed by atoms with E-state index >= 15 is 0 Å². The largest absolute Gasteiger partial charge is 0.493 e. The van der Waals surface area contributed by atoms with Crippen molar-refractivity contribution >= 4 is 0 Å². The molecule has 1 aliphatic heterocycles. The molecule has 6 heteroatoms. The summed E-state index contributed by atoms with van der Waals surface area (Å²) in [7, 11) is 2.90. The van der Waals surface area contributed by atoms with E-state index in [-0.39, 0.29) is 5.56 Å². The number of rotatable bonds is 4. The molecule has 106 valence electrons. The first-order chi connectivity index (χ1) is 9.17. The van der Waals surface area contributed by atoms with Crippen molar-refractivity contribution in [1.29, 1.82) is 0 Å². The summed E-state index contributed by atoms with van der Waals surface area (Å²) in [5.41, 5.74) is 0.367. The topological polar surface area (TPSA) is 39.7 Å². The molecule has 4 nitrogen and oxygen atoms in total. The molecular weight excluding hydrogens is 256 g/mol. The Kier molecular flexibility index (Phi) is 4.55. The van der Waals surface area contributed by atoms with Gasteiger partial charge >= 0.3 is 0 Å². The number of ether oxygens (including phenoxy) is 3. The Hall–Kier alpha value is -1.40. The van der Waals surface area contributed by atoms with Crippen LogP contribution in [0.15, 0.2) is 12.1 Å². The van der Waals surface area contributed by atoms with Crippen molar-refractivity contribution in [2.75, 3.05) is 33.9 Å². The predicted molar refractivity (Wildman–Crippen MR) is 66.1 cm³/mol. The third-order valence-corrected chi connectivity index (χ3v) is 3.10. The van der Waals surface area contributed by atoms with Gasteiger partial charge in [-0.2, -0.15) is 0 Å². The van der Waals surface area contributed by atoms with E-state index in [0.29, 0.717) is 30.2 Å². The lowest BCUT2D eigenvalue weighted by atomic mass is 10.0. The minimum atomic E-state index is -2.58. The van der Waals surface area contributed by atoms with Gasteiger partial charge in [-0.3, -0.25) is 0 Å². The van der Waals surface area contributed by atoms with Crippen LogP contribution >= 0.6 is 0 Å². The van der Waals surface area contributed by atoms with Crippen LogP contribution < -0.4 is 14.8 Å². The van der Waals surface area contributed by atoms with Gasteiger partial charge in [0.25, 0.3) is 6.43 Å². The van der Waals surface area contributed by atoms with E-state index in [0.717, 1.165) is 6.54 Å². The molecular formula is C13H17F2NO3. The summed E-state index contributed by atoms with van der Waals surface area (Å²) < 4.78 is 42.1. The molecule has 0 aromatic heterocycles. The Bertz CT molecular complexity index is 434. The highest BCUT2D eigenvalue weighted by Gasteiger charge is 2.25. The van der Waals surface area contributed by atoms with Gasteiger partial charge in [0.2, 0.25) is 0 Å². The van der Waals surface area contributed by atoms with Gasteiger partial charge < -0.3 is 19.5 Å². The molecule has 1 aromatic rings. The lowest BCUT2D eigenvalue weighted by Gasteiger charge is -2.26. The molecule has 0 spiro atoms. The monoisotopic (exact) mass is 273 g/mol. The third kappa shape index (κ3) is 2.96. The van der Waals surface area contributed by atoms with Gasteiger partial charge in [0.05, 0.1) is 26.9 Å². The lowest BCUT2D eigenvalue weighted by Crippen LogP contribution is -2.33. The normalized spacial score (nSPS) is 19.5. The number of methoxy groups -OCH3 is 2. The van der Waals surface area contributed by atoms with Crippen molar-refractivity contribution in [3.8, 4) is 11.5 Å². The smallest absolute Gasteiger partial charge is 0.264 e. The van der Waals surface area contributed by atoms with Crippen LogP contribution in [-0.2, 0) is 4.74 Å². The number of nitrogens with one attached hydrogen (secondary N) is 1. The minimum Gasteiger partial charge on any atom is -0.493 e. The SMILES string of the molecule is COc1cc(C(F)F)c(C2CNCCO2)cc1OC. The van der Waals surface area contributed by atoms with E-state index in [9.17, 15) is 8.78 Å². The molecule has 1 heterocycles. The van der Waals surface area contributed by atoms with E-state index < -0.39 is 12.5 Å². The maximum absolute atomic E-state index is 13.2. The molecule has 1 aromatic carbocycles. The third-order valence-electron chi connectivity index (χ3n) is 3.10. The summed E-state index contributed by atoms with van der Waals surface area (Å²) >= 11 is 0. The molecule has 0 radical (unpaired) electrons. The van der Waals surface area contributed by atoms with Crippen LogP contribution in [-0.4, -0.2) is 33.9 Å². The van der Waals surface area contributed by atoms with Crippen molar-refractivity contribution in [2.24, 2.45) is 0 Å². The molecule has 0 bridgehead atoms. The molecule has 1 unspecified atom stereocenters. The molecule has 0 amide bonds. The fraction of sp³-hybridized carbons (Fsp3) is 0.538. The summed E-state index contributed by atoms with van der Waals surface area (Å²) in [5, 5.41) is 3.12. The van der Waals surface area contributed by atoms with Crippen LogP contribution in [0, 0.1) is 0 Å². The first kappa shape index (κ1) is 14.0. The second-order valence-corrected chi connectivity index (χ2v) is 4.20. The van der Waals surface area contributed by atoms with Gasteiger partial charge in [-0.15, -0.1) is 0 Å². The van der Waals surface area contributed by atoms with Crippen LogP contribution in [0.2, 0.25) is 0 Å². The Morgan fingerprint density at radius 3 is 2.47 bits per heavy atom. The van der Waals surface area contributed by atoms with Gasteiger partial charge in [0, 0.05) is 18.7 Å². The van der Waals surface area contributed by atoms with E-state index in [4.69, 9.17) is 14.2 Å². The van der Waals surface area contributed by atoms with Gasteiger partial charge in [-0.25, -0.2) is 8.78 Å². The van der Waals surface area contributed by atoms with Gasteiger partial charge in [0.15, 0.2) is 11.5 Å². The molecule has 1 atom stereocenters. The van der Waals surface area contributed by atoms with Crippen LogP contribution in [0.4, 0.5) is 8.78 Å². The Morgan fingerprint density at radius 2 is 1.95 bits per heavy atom. The van der Waals surface area contributed by atoms with E-state index in [1.807, 2.05) is 0 Å². The van der Waals surface area contributed by atoms with Crippen LogP contribution in [0.5, 0.6) is 11.5 Å². The number of hydrogen-bond donors (Lipinski definition) is 1. The Labute approximate surface area is 110 Å². The number of hydrogen-bond acceptors (Lipinski definition) is 4. The average Bonchev–Trinajstić information content (AvgIpc) is 2.46. The zero-order valence-corrected chi connectivity index (χ0v) is 10.9. The molecule has 1 N–H and O–H groups in total. The summed E-state index contributed by atoms with van der Waals surface area (Å²) in [6.45, 7) is 1.74. The second-order valence-electron chi connectivity index (χ2n) is 4.20.